The minimum absolute atomic E-state index is 0.0930. The van der Waals surface area contributed by atoms with Gasteiger partial charge in [0.2, 0.25) is 0 Å². The number of carboxylic acids is 1. The molecule has 0 radical (unpaired) electrons. The summed E-state index contributed by atoms with van der Waals surface area (Å²) in [4.78, 5) is 23.8. The number of benzene rings is 1. The number of likely N-dealkylation sites (N-methyl/N-ethyl adjacent to an activating group) is 1. The molecule has 0 aliphatic rings. The normalized spacial score (nSPS) is 11.8. The Hall–Kier alpha value is -1.82. The number of carbonyl (C=O) groups excluding carboxylic acids is 1. The average molecular weight is 289 g/mol. The average Bonchev–Trinajstić information content (AvgIpc) is 2.35. The molecule has 5 nitrogen and oxygen atoms in total. The molecule has 1 atom stereocenters. The standard InChI is InChI=1S/C12H14ClFN2O3/c1-3-9(11(17)18)16(2)12(19)15-8-6-4-5-7(13)10(8)14/h4-6,9H,3H2,1-2H3,(H,15,19)(H,17,18). The number of hydrogen-bond donors (Lipinski definition) is 2. The number of rotatable bonds is 4. The predicted octanol–water partition coefficient (Wildman–Crippen LogP) is 2.81. The zero-order valence-electron chi connectivity index (χ0n) is 10.5. The maximum atomic E-state index is 13.6. The van der Waals surface area contributed by atoms with Crippen LogP contribution >= 0.6 is 11.6 Å². The van der Waals surface area contributed by atoms with Gasteiger partial charge < -0.3 is 15.3 Å². The third kappa shape index (κ3) is 3.57. The molecule has 0 aliphatic carbocycles. The first-order valence-electron chi connectivity index (χ1n) is 5.59. The third-order valence-electron chi connectivity index (χ3n) is 2.65. The van der Waals surface area contributed by atoms with Crippen LogP contribution in [0.2, 0.25) is 5.02 Å². The zero-order chi connectivity index (χ0) is 14.6. The zero-order valence-corrected chi connectivity index (χ0v) is 11.2. The molecule has 1 unspecified atom stereocenters. The molecule has 0 spiro atoms. The summed E-state index contributed by atoms with van der Waals surface area (Å²) in [6, 6.07) is 2.49. The Morgan fingerprint density at radius 2 is 2.16 bits per heavy atom. The molecule has 2 N–H and O–H groups in total. The van der Waals surface area contributed by atoms with Crippen LogP contribution in [0.1, 0.15) is 13.3 Å². The highest BCUT2D eigenvalue weighted by atomic mass is 35.5. The summed E-state index contributed by atoms with van der Waals surface area (Å²) in [7, 11) is 1.33. The minimum Gasteiger partial charge on any atom is -0.480 e. The first-order valence-corrected chi connectivity index (χ1v) is 5.96. The molecule has 2 amide bonds. The van der Waals surface area contributed by atoms with E-state index >= 15 is 0 Å². The van der Waals surface area contributed by atoms with E-state index in [1.165, 1.54) is 25.2 Å². The van der Waals surface area contributed by atoms with E-state index in [4.69, 9.17) is 16.7 Å². The first-order chi connectivity index (χ1) is 8.88. The van der Waals surface area contributed by atoms with Crippen molar-refractivity contribution >= 4 is 29.3 Å². The van der Waals surface area contributed by atoms with Crippen LogP contribution in [0.3, 0.4) is 0 Å². The fourth-order valence-electron chi connectivity index (χ4n) is 1.56. The number of aliphatic carboxylic acids is 1. The highest BCUT2D eigenvalue weighted by Crippen LogP contribution is 2.22. The lowest BCUT2D eigenvalue weighted by molar-refractivity contribution is -0.141. The molecule has 0 saturated heterocycles. The molecule has 0 aliphatic heterocycles. The van der Waals surface area contributed by atoms with Gasteiger partial charge in [0.05, 0.1) is 10.7 Å². The van der Waals surface area contributed by atoms with Crippen LogP contribution < -0.4 is 5.32 Å². The van der Waals surface area contributed by atoms with Crippen LogP contribution in [0, 0.1) is 5.82 Å². The second-order valence-electron chi connectivity index (χ2n) is 3.90. The number of nitrogens with one attached hydrogen (secondary N) is 1. The molecule has 1 aromatic carbocycles. The fraction of sp³-hybridized carbons (Fsp3) is 0.333. The van der Waals surface area contributed by atoms with E-state index in [-0.39, 0.29) is 17.1 Å². The summed E-state index contributed by atoms with van der Waals surface area (Å²) >= 11 is 5.58. The van der Waals surface area contributed by atoms with Crippen LogP contribution in [-0.4, -0.2) is 35.1 Å². The summed E-state index contributed by atoms with van der Waals surface area (Å²) in [5, 5.41) is 11.1. The second kappa shape index (κ2) is 6.38. The maximum absolute atomic E-state index is 13.6. The van der Waals surface area contributed by atoms with E-state index in [0.29, 0.717) is 0 Å². The molecule has 1 rings (SSSR count). The highest BCUT2D eigenvalue weighted by Gasteiger charge is 2.25. The maximum Gasteiger partial charge on any atom is 0.326 e. The summed E-state index contributed by atoms with van der Waals surface area (Å²) in [5.41, 5.74) is -0.0930. The van der Waals surface area contributed by atoms with Crippen molar-refractivity contribution in [1.29, 1.82) is 0 Å². The smallest absolute Gasteiger partial charge is 0.326 e. The quantitative estimate of drug-likeness (QED) is 0.895. The topological polar surface area (TPSA) is 69.6 Å². The van der Waals surface area contributed by atoms with Crippen molar-refractivity contribution in [2.75, 3.05) is 12.4 Å². The lowest BCUT2D eigenvalue weighted by Crippen LogP contribution is -2.44. The number of hydrogen-bond acceptors (Lipinski definition) is 2. The van der Waals surface area contributed by atoms with Gasteiger partial charge in [0, 0.05) is 7.05 Å². The van der Waals surface area contributed by atoms with Crippen molar-refractivity contribution in [2.45, 2.75) is 19.4 Å². The predicted molar refractivity (Wildman–Crippen MR) is 69.9 cm³/mol. The number of nitrogens with zero attached hydrogens (tertiary/aromatic N) is 1. The van der Waals surface area contributed by atoms with Gasteiger partial charge >= 0.3 is 12.0 Å². The third-order valence-corrected chi connectivity index (χ3v) is 2.94. The number of urea groups is 1. The van der Waals surface area contributed by atoms with E-state index in [2.05, 4.69) is 5.32 Å². The van der Waals surface area contributed by atoms with Crippen LogP contribution in [0.5, 0.6) is 0 Å². The van der Waals surface area contributed by atoms with E-state index < -0.39 is 23.9 Å². The molecule has 0 fully saturated rings. The minimum atomic E-state index is -1.12. The Bertz CT molecular complexity index is 496. The number of halogens is 2. The summed E-state index contributed by atoms with van der Waals surface area (Å²) in [5.74, 6) is -1.87. The lowest BCUT2D eigenvalue weighted by Gasteiger charge is -2.24. The Morgan fingerprint density at radius 3 is 2.68 bits per heavy atom. The summed E-state index contributed by atoms with van der Waals surface area (Å²) < 4.78 is 13.6. The van der Waals surface area contributed by atoms with Crippen LogP contribution in [0.25, 0.3) is 0 Å². The Morgan fingerprint density at radius 1 is 1.53 bits per heavy atom. The Balaban J connectivity index is 2.85. The van der Waals surface area contributed by atoms with Crippen molar-refractivity contribution in [1.82, 2.24) is 4.90 Å². The van der Waals surface area contributed by atoms with E-state index in [1.54, 1.807) is 6.92 Å². The molecule has 0 heterocycles. The van der Waals surface area contributed by atoms with Crippen molar-refractivity contribution in [2.24, 2.45) is 0 Å². The summed E-state index contributed by atoms with van der Waals surface area (Å²) in [6.07, 6.45) is 0.247. The molecule has 0 aromatic heterocycles. The van der Waals surface area contributed by atoms with Gasteiger partial charge in [-0.3, -0.25) is 0 Å². The molecule has 0 bridgehead atoms. The van der Waals surface area contributed by atoms with Gasteiger partial charge in [-0.15, -0.1) is 0 Å². The number of amides is 2. The molecule has 0 saturated carbocycles. The van der Waals surface area contributed by atoms with E-state index in [1.807, 2.05) is 0 Å². The van der Waals surface area contributed by atoms with Gasteiger partial charge in [-0.2, -0.15) is 0 Å². The number of carboxylic acid groups (broad SMARTS) is 1. The monoisotopic (exact) mass is 288 g/mol. The first kappa shape index (κ1) is 15.2. The van der Waals surface area contributed by atoms with Gasteiger partial charge in [-0.05, 0) is 18.6 Å². The van der Waals surface area contributed by atoms with Crippen molar-refractivity contribution in [3.05, 3.63) is 29.0 Å². The number of anilines is 1. The van der Waals surface area contributed by atoms with Crippen molar-refractivity contribution < 1.29 is 19.1 Å². The highest BCUT2D eigenvalue weighted by molar-refractivity contribution is 6.31. The summed E-state index contributed by atoms with van der Waals surface area (Å²) in [6.45, 7) is 1.64. The molecular weight excluding hydrogens is 275 g/mol. The van der Waals surface area contributed by atoms with Gasteiger partial charge in [-0.1, -0.05) is 24.6 Å². The van der Waals surface area contributed by atoms with Gasteiger partial charge in [0.15, 0.2) is 5.82 Å². The van der Waals surface area contributed by atoms with Gasteiger partial charge in [0.25, 0.3) is 0 Å². The van der Waals surface area contributed by atoms with Crippen LogP contribution in [0.4, 0.5) is 14.9 Å². The largest absolute Gasteiger partial charge is 0.480 e. The van der Waals surface area contributed by atoms with E-state index in [9.17, 15) is 14.0 Å². The van der Waals surface area contributed by atoms with Crippen molar-refractivity contribution in [3.63, 3.8) is 0 Å². The van der Waals surface area contributed by atoms with Gasteiger partial charge in [0.1, 0.15) is 6.04 Å². The Kier molecular flexibility index (Phi) is 5.11. The van der Waals surface area contributed by atoms with Gasteiger partial charge in [-0.25, -0.2) is 14.0 Å². The lowest BCUT2D eigenvalue weighted by atomic mass is 10.2. The molecule has 104 valence electrons. The fourth-order valence-corrected chi connectivity index (χ4v) is 1.73. The van der Waals surface area contributed by atoms with Crippen molar-refractivity contribution in [3.8, 4) is 0 Å². The molecule has 7 heteroatoms. The Labute approximate surface area is 115 Å². The molecular formula is C12H14ClFN2O3. The second-order valence-corrected chi connectivity index (χ2v) is 4.31. The van der Waals surface area contributed by atoms with Crippen LogP contribution in [0.15, 0.2) is 18.2 Å². The number of carbonyl (C=O) groups is 2. The molecule has 1 aromatic rings. The van der Waals surface area contributed by atoms with E-state index in [0.717, 1.165) is 4.90 Å². The SMILES string of the molecule is CCC(C(=O)O)N(C)C(=O)Nc1cccc(Cl)c1F. The van der Waals surface area contributed by atoms with Crippen LogP contribution in [-0.2, 0) is 4.79 Å². The molecule has 19 heavy (non-hydrogen) atoms.